The zero-order valence-corrected chi connectivity index (χ0v) is 11.7. The predicted molar refractivity (Wildman–Crippen MR) is 75.8 cm³/mol. The SMILES string of the molecule is CCCN(CCC)Cc1ccc2nc(C)cn2c1. The van der Waals surface area contributed by atoms with Gasteiger partial charge in [0.15, 0.2) is 0 Å². The van der Waals surface area contributed by atoms with Gasteiger partial charge in [-0.1, -0.05) is 19.9 Å². The molecule has 0 unspecified atom stereocenters. The van der Waals surface area contributed by atoms with Crippen molar-refractivity contribution in [3.63, 3.8) is 0 Å². The third kappa shape index (κ3) is 3.10. The van der Waals surface area contributed by atoms with Gasteiger partial charge < -0.3 is 4.40 Å². The lowest BCUT2D eigenvalue weighted by Crippen LogP contribution is -2.25. The van der Waals surface area contributed by atoms with Crippen molar-refractivity contribution in [1.29, 1.82) is 0 Å². The Kier molecular flexibility index (Phi) is 4.37. The molecule has 2 aromatic rings. The summed E-state index contributed by atoms with van der Waals surface area (Å²) in [5.41, 5.74) is 3.47. The Balaban J connectivity index is 2.14. The van der Waals surface area contributed by atoms with Crippen molar-refractivity contribution in [1.82, 2.24) is 14.3 Å². The van der Waals surface area contributed by atoms with E-state index in [1.165, 1.54) is 31.5 Å². The number of nitrogens with zero attached hydrogens (tertiary/aromatic N) is 3. The quantitative estimate of drug-likeness (QED) is 0.778. The molecule has 0 bridgehead atoms. The standard InChI is InChI=1S/C15H23N3/c1-4-8-17(9-5-2)11-14-6-7-15-16-13(3)10-18(15)12-14/h6-7,10,12H,4-5,8-9,11H2,1-3H3. The summed E-state index contributed by atoms with van der Waals surface area (Å²) in [6.07, 6.45) is 6.72. The zero-order valence-electron chi connectivity index (χ0n) is 11.7. The number of hydrogen-bond acceptors (Lipinski definition) is 2. The normalized spacial score (nSPS) is 11.6. The number of aryl methyl sites for hydroxylation is 1. The molecule has 0 aromatic carbocycles. The minimum Gasteiger partial charge on any atom is -0.307 e. The molecule has 0 atom stereocenters. The number of pyridine rings is 1. The highest BCUT2D eigenvalue weighted by atomic mass is 15.1. The van der Waals surface area contributed by atoms with E-state index in [0.29, 0.717) is 0 Å². The van der Waals surface area contributed by atoms with Gasteiger partial charge in [0.25, 0.3) is 0 Å². The number of fused-ring (bicyclic) bond motifs is 1. The summed E-state index contributed by atoms with van der Waals surface area (Å²) in [6.45, 7) is 9.90. The first kappa shape index (κ1) is 13.1. The maximum Gasteiger partial charge on any atom is 0.136 e. The molecule has 3 nitrogen and oxygen atoms in total. The predicted octanol–water partition coefficient (Wildman–Crippen LogP) is 3.26. The molecule has 0 aliphatic rings. The smallest absolute Gasteiger partial charge is 0.136 e. The highest BCUT2D eigenvalue weighted by Gasteiger charge is 2.05. The molecule has 0 spiro atoms. The van der Waals surface area contributed by atoms with E-state index < -0.39 is 0 Å². The first-order valence-corrected chi connectivity index (χ1v) is 6.89. The van der Waals surface area contributed by atoms with Crippen LogP contribution in [-0.4, -0.2) is 27.4 Å². The van der Waals surface area contributed by atoms with E-state index in [-0.39, 0.29) is 0 Å². The molecule has 2 rings (SSSR count). The van der Waals surface area contributed by atoms with Crippen LogP contribution in [0, 0.1) is 6.92 Å². The molecule has 2 heterocycles. The van der Waals surface area contributed by atoms with Crippen LogP contribution in [0.25, 0.3) is 5.65 Å². The van der Waals surface area contributed by atoms with Crippen molar-refractivity contribution in [2.45, 2.75) is 40.2 Å². The summed E-state index contributed by atoms with van der Waals surface area (Å²) in [5.74, 6) is 0. The first-order chi connectivity index (χ1) is 8.72. The van der Waals surface area contributed by atoms with Gasteiger partial charge in [-0.3, -0.25) is 4.90 Å². The zero-order chi connectivity index (χ0) is 13.0. The fourth-order valence-electron chi connectivity index (χ4n) is 2.42. The summed E-state index contributed by atoms with van der Waals surface area (Å²) in [5, 5.41) is 0. The van der Waals surface area contributed by atoms with Crippen molar-refractivity contribution in [2.75, 3.05) is 13.1 Å². The summed E-state index contributed by atoms with van der Waals surface area (Å²) >= 11 is 0. The molecule has 0 amide bonds. The average molecular weight is 245 g/mol. The third-order valence-electron chi connectivity index (χ3n) is 3.12. The first-order valence-electron chi connectivity index (χ1n) is 6.89. The van der Waals surface area contributed by atoms with E-state index in [4.69, 9.17) is 0 Å². The summed E-state index contributed by atoms with van der Waals surface area (Å²) in [6, 6.07) is 4.30. The Morgan fingerprint density at radius 1 is 1.11 bits per heavy atom. The Morgan fingerprint density at radius 3 is 2.50 bits per heavy atom. The second kappa shape index (κ2) is 6.01. The molecule has 98 valence electrons. The minimum absolute atomic E-state index is 1.04. The second-order valence-corrected chi connectivity index (χ2v) is 4.96. The number of imidazole rings is 1. The van der Waals surface area contributed by atoms with E-state index in [2.05, 4.69) is 52.7 Å². The van der Waals surface area contributed by atoms with Gasteiger partial charge in [-0.2, -0.15) is 0 Å². The molecular weight excluding hydrogens is 222 g/mol. The van der Waals surface area contributed by atoms with Crippen LogP contribution in [0.2, 0.25) is 0 Å². The van der Waals surface area contributed by atoms with Crippen molar-refractivity contribution in [3.05, 3.63) is 35.8 Å². The lowest BCUT2D eigenvalue weighted by atomic mass is 10.2. The van der Waals surface area contributed by atoms with Crippen LogP contribution >= 0.6 is 0 Å². The molecule has 2 aromatic heterocycles. The molecule has 0 saturated carbocycles. The largest absolute Gasteiger partial charge is 0.307 e. The summed E-state index contributed by atoms with van der Waals surface area (Å²) in [4.78, 5) is 6.97. The molecule has 3 heteroatoms. The maximum atomic E-state index is 4.46. The summed E-state index contributed by atoms with van der Waals surface area (Å²) < 4.78 is 2.13. The van der Waals surface area contributed by atoms with Crippen LogP contribution in [0.5, 0.6) is 0 Å². The Bertz CT molecular complexity index is 495. The third-order valence-corrected chi connectivity index (χ3v) is 3.12. The van der Waals surface area contributed by atoms with Crippen molar-refractivity contribution in [3.8, 4) is 0 Å². The molecule has 0 radical (unpaired) electrons. The topological polar surface area (TPSA) is 20.5 Å². The van der Waals surface area contributed by atoms with Gasteiger partial charge in [0, 0.05) is 18.9 Å². The number of rotatable bonds is 6. The lowest BCUT2D eigenvalue weighted by Gasteiger charge is -2.20. The van der Waals surface area contributed by atoms with Crippen molar-refractivity contribution >= 4 is 5.65 Å². The second-order valence-electron chi connectivity index (χ2n) is 4.96. The Morgan fingerprint density at radius 2 is 1.83 bits per heavy atom. The molecule has 0 aliphatic heterocycles. The van der Waals surface area contributed by atoms with Crippen molar-refractivity contribution < 1.29 is 0 Å². The Hall–Kier alpha value is -1.35. The van der Waals surface area contributed by atoms with Crippen LogP contribution in [0.15, 0.2) is 24.5 Å². The highest BCUT2D eigenvalue weighted by Crippen LogP contribution is 2.10. The van der Waals surface area contributed by atoms with Gasteiger partial charge >= 0.3 is 0 Å². The number of aromatic nitrogens is 2. The van der Waals surface area contributed by atoms with Gasteiger partial charge in [-0.15, -0.1) is 0 Å². The van der Waals surface area contributed by atoms with E-state index >= 15 is 0 Å². The molecule has 18 heavy (non-hydrogen) atoms. The molecule has 0 aliphatic carbocycles. The van der Waals surface area contributed by atoms with Crippen LogP contribution in [0.3, 0.4) is 0 Å². The lowest BCUT2D eigenvalue weighted by molar-refractivity contribution is 0.266. The fourth-order valence-corrected chi connectivity index (χ4v) is 2.42. The van der Waals surface area contributed by atoms with Gasteiger partial charge in [-0.25, -0.2) is 4.98 Å². The van der Waals surface area contributed by atoms with Crippen LogP contribution in [0.4, 0.5) is 0 Å². The highest BCUT2D eigenvalue weighted by molar-refractivity contribution is 5.41. The van der Waals surface area contributed by atoms with E-state index in [1.54, 1.807) is 0 Å². The molecule has 0 saturated heterocycles. The monoisotopic (exact) mass is 245 g/mol. The van der Waals surface area contributed by atoms with Gasteiger partial charge in [0.2, 0.25) is 0 Å². The van der Waals surface area contributed by atoms with Gasteiger partial charge in [0.05, 0.1) is 5.69 Å². The van der Waals surface area contributed by atoms with E-state index in [1.807, 2.05) is 6.92 Å². The van der Waals surface area contributed by atoms with E-state index in [0.717, 1.165) is 17.9 Å². The Labute approximate surface area is 109 Å². The molecule has 0 fully saturated rings. The molecule has 0 N–H and O–H groups in total. The van der Waals surface area contributed by atoms with E-state index in [9.17, 15) is 0 Å². The van der Waals surface area contributed by atoms with Crippen LogP contribution < -0.4 is 0 Å². The van der Waals surface area contributed by atoms with Crippen LogP contribution in [-0.2, 0) is 6.54 Å². The summed E-state index contributed by atoms with van der Waals surface area (Å²) in [7, 11) is 0. The molecular formula is C15H23N3. The number of hydrogen-bond donors (Lipinski definition) is 0. The maximum absolute atomic E-state index is 4.46. The van der Waals surface area contributed by atoms with Gasteiger partial charge in [0.1, 0.15) is 5.65 Å². The minimum atomic E-state index is 1.04. The van der Waals surface area contributed by atoms with Gasteiger partial charge in [-0.05, 0) is 44.5 Å². The van der Waals surface area contributed by atoms with Crippen LogP contribution in [0.1, 0.15) is 37.9 Å². The fraction of sp³-hybridized carbons (Fsp3) is 0.533. The average Bonchev–Trinajstić information content (AvgIpc) is 2.69. The van der Waals surface area contributed by atoms with Crippen molar-refractivity contribution in [2.24, 2.45) is 0 Å².